The number of benzene rings is 3. The second-order valence-corrected chi connectivity index (χ2v) is 9.28. The summed E-state index contributed by atoms with van der Waals surface area (Å²) in [6.07, 6.45) is 0.374. The number of hydrogen-bond donors (Lipinski definition) is 0. The third-order valence-corrected chi connectivity index (χ3v) is 6.75. The SMILES string of the molecule is COC(=O)c1nnn(Cc2ccc(OC)cc2)c1Oc1ccc(-c2ccc(C3CCC(F)(F)C3)cc2)cc1. The van der Waals surface area contributed by atoms with Gasteiger partial charge in [0.1, 0.15) is 11.5 Å². The molecule has 0 radical (unpaired) electrons. The predicted octanol–water partition coefficient (Wildman–Crippen LogP) is 6.48. The standard InChI is InChI=1S/C29H27F2N3O4/c1-36-24-11-3-19(4-12-24)18-34-27(26(32-33-34)28(35)37-2)38-25-13-9-21(10-14-25)20-5-7-22(8-6-20)23-15-16-29(30,31)17-23/h3-14,23H,15-18H2,1-2H3. The smallest absolute Gasteiger partial charge is 0.364 e. The van der Waals surface area contributed by atoms with Gasteiger partial charge in [-0.05, 0) is 58.9 Å². The van der Waals surface area contributed by atoms with Gasteiger partial charge in [-0.15, -0.1) is 5.10 Å². The van der Waals surface area contributed by atoms with Crippen molar-refractivity contribution < 1.29 is 27.8 Å². The van der Waals surface area contributed by atoms with Gasteiger partial charge in [-0.3, -0.25) is 0 Å². The Hall–Kier alpha value is -4.27. The number of nitrogens with zero attached hydrogens (tertiary/aromatic N) is 3. The van der Waals surface area contributed by atoms with Gasteiger partial charge in [0.15, 0.2) is 0 Å². The van der Waals surface area contributed by atoms with Crippen LogP contribution in [0.15, 0.2) is 72.8 Å². The zero-order valence-corrected chi connectivity index (χ0v) is 21.1. The number of aromatic nitrogens is 3. The number of carbonyl (C=O) groups excluding carboxylic acids is 1. The molecule has 3 aromatic carbocycles. The van der Waals surface area contributed by atoms with Crippen LogP contribution in [0.2, 0.25) is 0 Å². The molecule has 0 N–H and O–H groups in total. The van der Waals surface area contributed by atoms with E-state index in [1.165, 1.54) is 11.8 Å². The van der Waals surface area contributed by atoms with E-state index in [0.717, 1.165) is 28.0 Å². The molecule has 1 aliphatic carbocycles. The monoisotopic (exact) mass is 519 g/mol. The van der Waals surface area contributed by atoms with Gasteiger partial charge in [0.05, 0.1) is 20.8 Å². The first-order valence-electron chi connectivity index (χ1n) is 12.3. The number of ether oxygens (including phenoxy) is 3. The van der Waals surface area contributed by atoms with Crippen LogP contribution in [0, 0.1) is 0 Å². The molecule has 0 bridgehead atoms. The van der Waals surface area contributed by atoms with E-state index in [-0.39, 0.29) is 30.3 Å². The van der Waals surface area contributed by atoms with Gasteiger partial charge >= 0.3 is 5.97 Å². The first-order valence-corrected chi connectivity index (χ1v) is 12.3. The van der Waals surface area contributed by atoms with Gasteiger partial charge in [0.25, 0.3) is 5.88 Å². The maximum absolute atomic E-state index is 13.6. The number of hydrogen-bond acceptors (Lipinski definition) is 6. The Morgan fingerprint density at radius 2 is 1.58 bits per heavy atom. The number of halogens is 2. The molecule has 1 fully saturated rings. The van der Waals surface area contributed by atoms with Gasteiger partial charge in [-0.25, -0.2) is 18.3 Å². The van der Waals surface area contributed by atoms with Gasteiger partial charge in [0.2, 0.25) is 11.6 Å². The minimum Gasteiger partial charge on any atom is -0.497 e. The molecule has 1 aromatic heterocycles. The van der Waals surface area contributed by atoms with Crippen LogP contribution in [0.25, 0.3) is 11.1 Å². The zero-order valence-electron chi connectivity index (χ0n) is 21.1. The lowest BCUT2D eigenvalue weighted by atomic mass is 9.95. The minimum absolute atomic E-state index is 0.0295. The van der Waals surface area contributed by atoms with Crippen LogP contribution in [0.5, 0.6) is 17.4 Å². The van der Waals surface area contributed by atoms with Crippen LogP contribution in [0.3, 0.4) is 0 Å². The Kier molecular flexibility index (Phi) is 7.09. The van der Waals surface area contributed by atoms with E-state index in [2.05, 4.69) is 10.3 Å². The lowest BCUT2D eigenvalue weighted by Crippen LogP contribution is -2.09. The average molecular weight is 520 g/mol. The number of methoxy groups -OCH3 is 2. The Labute approximate surface area is 219 Å². The fourth-order valence-electron chi connectivity index (χ4n) is 4.65. The van der Waals surface area contributed by atoms with Crippen molar-refractivity contribution in [3.8, 4) is 28.5 Å². The summed E-state index contributed by atoms with van der Waals surface area (Å²) in [7, 11) is 2.87. The lowest BCUT2D eigenvalue weighted by Gasteiger charge is -2.12. The first-order chi connectivity index (χ1) is 18.3. The summed E-state index contributed by atoms with van der Waals surface area (Å²) in [6.45, 7) is 0.320. The molecule has 1 heterocycles. The average Bonchev–Trinajstić information content (AvgIpc) is 3.51. The van der Waals surface area contributed by atoms with E-state index in [4.69, 9.17) is 14.2 Å². The largest absolute Gasteiger partial charge is 0.497 e. The van der Waals surface area contributed by atoms with E-state index in [1.54, 1.807) is 19.2 Å². The second-order valence-electron chi connectivity index (χ2n) is 9.28. The van der Waals surface area contributed by atoms with Crippen molar-refractivity contribution in [1.29, 1.82) is 0 Å². The summed E-state index contributed by atoms with van der Waals surface area (Å²) < 4.78 is 44.8. The predicted molar refractivity (Wildman–Crippen MR) is 137 cm³/mol. The van der Waals surface area contributed by atoms with E-state index in [9.17, 15) is 13.6 Å². The number of esters is 1. The topological polar surface area (TPSA) is 75.5 Å². The molecule has 1 unspecified atom stereocenters. The molecule has 38 heavy (non-hydrogen) atoms. The summed E-state index contributed by atoms with van der Waals surface area (Å²) in [6, 6.07) is 22.6. The highest BCUT2D eigenvalue weighted by molar-refractivity contribution is 5.89. The number of rotatable bonds is 8. The third kappa shape index (κ3) is 5.51. The van der Waals surface area contributed by atoms with Gasteiger partial charge in [-0.1, -0.05) is 53.7 Å². The normalized spacial score (nSPS) is 16.3. The van der Waals surface area contributed by atoms with E-state index < -0.39 is 11.9 Å². The van der Waals surface area contributed by atoms with Crippen LogP contribution in [0.4, 0.5) is 8.78 Å². The molecule has 1 saturated carbocycles. The maximum Gasteiger partial charge on any atom is 0.364 e. The molecule has 5 rings (SSSR count). The second kappa shape index (κ2) is 10.6. The summed E-state index contributed by atoms with van der Waals surface area (Å²) in [5.74, 6) is -1.94. The Morgan fingerprint density at radius 3 is 2.16 bits per heavy atom. The summed E-state index contributed by atoms with van der Waals surface area (Å²) in [4.78, 5) is 12.3. The van der Waals surface area contributed by atoms with Gasteiger partial charge in [0, 0.05) is 12.8 Å². The Balaban J connectivity index is 1.33. The van der Waals surface area contributed by atoms with Crippen molar-refractivity contribution in [3.05, 3.63) is 89.6 Å². The van der Waals surface area contributed by atoms with Crippen LogP contribution >= 0.6 is 0 Å². The highest BCUT2D eigenvalue weighted by Gasteiger charge is 2.39. The maximum atomic E-state index is 13.6. The molecule has 0 saturated heterocycles. The molecule has 196 valence electrons. The van der Waals surface area contributed by atoms with Crippen molar-refractivity contribution in [2.45, 2.75) is 37.6 Å². The van der Waals surface area contributed by atoms with E-state index in [0.29, 0.717) is 18.7 Å². The van der Waals surface area contributed by atoms with Crippen molar-refractivity contribution in [3.63, 3.8) is 0 Å². The molecule has 1 aliphatic rings. The molecule has 0 spiro atoms. The molecule has 9 heteroatoms. The van der Waals surface area contributed by atoms with Crippen LogP contribution in [0.1, 0.15) is 46.8 Å². The van der Waals surface area contributed by atoms with Crippen LogP contribution < -0.4 is 9.47 Å². The number of carbonyl (C=O) groups is 1. The minimum atomic E-state index is -2.56. The molecule has 0 amide bonds. The summed E-state index contributed by atoms with van der Waals surface area (Å²) >= 11 is 0. The van der Waals surface area contributed by atoms with Gasteiger partial charge < -0.3 is 14.2 Å². The van der Waals surface area contributed by atoms with E-state index >= 15 is 0 Å². The zero-order chi connectivity index (χ0) is 26.7. The van der Waals surface area contributed by atoms with Crippen LogP contribution in [-0.2, 0) is 11.3 Å². The van der Waals surface area contributed by atoms with Crippen molar-refractivity contribution in [2.24, 2.45) is 0 Å². The quantitative estimate of drug-likeness (QED) is 0.248. The molecule has 1 atom stereocenters. The Morgan fingerprint density at radius 1 is 0.947 bits per heavy atom. The van der Waals surface area contributed by atoms with E-state index in [1.807, 2.05) is 60.7 Å². The summed E-state index contributed by atoms with van der Waals surface area (Å²) in [5.41, 5.74) is 3.74. The fourth-order valence-corrected chi connectivity index (χ4v) is 4.65. The lowest BCUT2D eigenvalue weighted by molar-refractivity contribution is 0.00775. The molecule has 4 aromatic rings. The fraction of sp³-hybridized carbons (Fsp3) is 0.276. The van der Waals surface area contributed by atoms with Crippen LogP contribution in [-0.4, -0.2) is 41.1 Å². The van der Waals surface area contributed by atoms with Gasteiger partial charge in [-0.2, -0.15) is 0 Å². The van der Waals surface area contributed by atoms with Crippen molar-refractivity contribution >= 4 is 5.97 Å². The molecule has 7 nitrogen and oxygen atoms in total. The molecule has 0 aliphatic heterocycles. The summed E-state index contributed by atoms with van der Waals surface area (Å²) in [5, 5.41) is 8.07. The van der Waals surface area contributed by atoms with Crippen molar-refractivity contribution in [1.82, 2.24) is 15.0 Å². The third-order valence-electron chi connectivity index (χ3n) is 6.75. The highest BCUT2D eigenvalue weighted by atomic mass is 19.3. The molecular weight excluding hydrogens is 492 g/mol. The Bertz CT molecular complexity index is 1400. The molecular formula is C29H27F2N3O4. The highest BCUT2D eigenvalue weighted by Crippen LogP contribution is 2.44. The van der Waals surface area contributed by atoms with Crippen molar-refractivity contribution in [2.75, 3.05) is 14.2 Å². The number of alkyl halides is 2. The first kappa shape index (κ1) is 25.4.